The quantitative estimate of drug-likeness (QED) is 0.709. The molecule has 4 nitrogen and oxygen atoms in total. The average molecular weight is 327 g/mol. The lowest BCUT2D eigenvalue weighted by molar-refractivity contribution is -0.132. The van der Waals surface area contributed by atoms with Crippen LogP contribution in [0.15, 0.2) is 30.3 Å². The summed E-state index contributed by atoms with van der Waals surface area (Å²) in [5.74, 6) is 0.874. The molecule has 124 valence electrons. The van der Waals surface area contributed by atoms with Crippen LogP contribution < -0.4 is 5.32 Å². The van der Waals surface area contributed by atoms with E-state index >= 15 is 0 Å². The molecule has 0 atom stereocenters. The van der Waals surface area contributed by atoms with Crippen LogP contribution in [0.3, 0.4) is 0 Å². The van der Waals surface area contributed by atoms with Gasteiger partial charge in [0.2, 0.25) is 5.91 Å². The first-order valence-electron chi connectivity index (χ1n) is 7.81. The molecule has 1 saturated carbocycles. The molecule has 5 heteroatoms. The van der Waals surface area contributed by atoms with Crippen molar-refractivity contribution >= 4 is 18.3 Å². The smallest absolute Gasteiger partial charge is 0.236 e. The van der Waals surface area contributed by atoms with E-state index in [1.807, 2.05) is 23.1 Å². The predicted molar refractivity (Wildman–Crippen MR) is 91.2 cm³/mol. The number of ether oxygens (including phenoxy) is 1. The van der Waals surface area contributed by atoms with Gasteiger partial charge in [-0.1, -0.05) is 36.8 Å². The van der Waals surface area contributed by atoms with E-state index in [0.717, 1.165) is 6.54 Å². The number of amides is 1. The summed E-state index contributed by atoms with van der Waals surface area (Å²) in [5, 5.41) is 3.15. The molecular weight excluding hydrogens is 300 g/mol. The number of benzene rings is 1. The Morgan fingerprint density at radius 1 is 1.32 bits per heavy atom. The molecule has 0 heterocycles. The van der Waals surface area contributed by atoms with Crippen LogP contribution in [-0.4, -0.2) is 44.2 Å². The number of methoxy groups -OCH3 is 1. The predicted octanol–water partition coefficient (Wildman–Crippen LogP) is 2.47. The van der Waals surface area contributed by atoms with Gasteiger partial charge in [0.1, 0.15) is 0 Å². The zero-order valence-electron chi connectivity index (χ0n) is 13.3. The summed E-state index contributed by atoms with van der Waals surface area (Å²) < 4.78 is 4.98. The Hall–Kier alpha value is -1.10. The van der Waals surface area contributed by atoms with Crippen LogP contribution in [0.2, 0.25) is 0 Å². The third-order valence-electron chi connectivity index (χ3n) is 4.03. The normalized spacial score (nSPS) is 14.0. The fraction of sp³-hybridized carbons (Fsp3) is 0.588. The summed E-state index contributed by atoms with van der Waals surface area (Å²) >= 11 is 0. The first kappa shape index (κ1) is 18.9. The lowest BCUT2D eigenvalue weighted by atomic mass is 9.85. The number of rotatable bonds is 9. The van der Waals surface area contributed by atoms with Crippen LogP contribution in [0.1, 0.15) is 24.8 Å². The van der Waals surface area contributed by atoms with Gasteiger partial charge >= 0.3 is 0 Å². The zero-order valence-corrected chi connectivity index (χ0v) is 14.1. The van der Waals surface area contributed by atoms with E-state index in [-0.39, 0.29) is 18.3 Å². The molecule has 22 heavy (non-hydrogen) atoms. The Balaban J connectivity index is 0.00000242. The highest BCUT2D eigenvalue weighted by Crippen LogP contribution is 2.27. The Labute approximate surface area is 139 Å². The minimum Gasteiger partial charge on any atom is -0.383 e. The van der Waals surface area contributed by atoms with E-state index in [4.69, 9.17) is 4.74 Å². The summed E-state index contributed by atoms with van der Waals surface area (Å²) in [4.78, 5) is 14.4. The lowest BCUT2D eigenvalue weighted by Gasteiger charge is -2.32. The third kappa shape index (κ3) is 6.34. The second kappa shape index (κ2) is 10.6. The summed E-state index contributed by atoms with van der Waals surface area (Å²) in [5.41, 5.74) is 1.20. The average Bonchev–Trinajstić information content (AvgIpc) is 2.47. The summed E-state index contributed by atoms with van der Waals surface area (Å²) in [6.07, 6.45) is 3.83. The van der Waals surface area contributed by atoms with Crippen molar-refractivity contribution in [1.82, 2.24) is 10.2 Å². The van der Waals surface area contributed by atoms with Gasteiger partial charge in [-0.2, -0.15) is 0 Å². The molecular formula is C17H27ClN2O2. The number of carbonyl (C=O) groups excluding carboxylic acids is 1. The molecule has 1 aliphatic rings. The van der Waals surface area contributed by atoms with Crippen LogP contribution in [-0.2, 0) is 16.1 Å². The first-order chi connectivity index (χ1) is 10.3. The van der Waals surface area contributed by atoms with E-state index < -0.39 is 0 Å². The highest BCUT2D eigenvalue weighted by atomic mass is 35.5. The number of hydrogen-bond acceptors (Lipinski definition) is 3. The Morgan fingerprint density at radius 3 is 2.64 bits per heavy atom. The van der Waals surface area contributed by atoms with Crippen LogP contribution in [0.25, 0.3) is 0 Å². The van der Waals surface area contributed by atoms with Gasteiger partial charge in [-0.05, 0) is 24.3 Å². The molecule has 1 aromatic carbocycles. The lowest BCUT2D eigenvalue weighted by Crippen LogP contribution is -2.42. The molecule has 0 bridgehead atoms. The van der Waals surface area contributed by atoms with Crippen molar-refractivity contribution in [3.05, 3.63) is 35.9 Å². The molecule has 1 aliphatic carbocycles. The standard InChI is InChI=1S/C17H26N2O2.ClH/c1-21-11-10-18-12-17(20)19(14-16-8-5-9-16)13-15-6-3-2-4-7-15;/h2-4,6-7,16,18H,5,8-14H2,1H3;1H. The van der Waals surface area contributed by atoms with E-state index in [2.05, 4.69) is 17.4 Å². The number of hydrogen-bond donors (Lipinski definition) is 1. The molecule has 0 unspecified atom stereocenters. The van der Waals surface area contributed by atoms with E-state index in [1.54, 1.807) is 7.11 Å². The van der Waals surface area contributed by atoms with Gasteiger partial charge in [-0.3, -0.25) is 4.79 Å². The highest BCUT2D eigenvalue weighted by molar-refractivity contribution is 5.85. The SMILES string of the molecule is COCCNCC(=O)N(Cc1ccccc1)CC1CCC1.Cl. The van der Waals surface area contributed by atoms with Crippen molar-refractivity contribution in [1.29, 1.82) is 0 Å². The van der Waals surface area contributed by atoms with Crippen LogP contribution in [0.4, 0.5) is 0 Å². The zero-order chi connectivity index (χ0) is 14.9. The van der Waals surface area contributed by atoms with Gasteiger partial charge in [0, 0.05) is 26.7 Å². The van der Waals surface area contributed by atoms with Gasteiger partial charge in [0.05, 0.1) is 13.2 Å². The summed E-state index contributed by atoms with van der Waals surface area (Å²) in [6, 6.07) is 10.2. The van der Waals surface area contributed by atoms with Gasteiger partial charge in [-0.15, -0.1) is 12.4 Å². The van der Waals surface area contributed by atoms with Crippen molar-refractivity contribution in [3.63, 3.8) is 0 Å². The maximum atomic E-state index is 12.4. The fourth-order valence-electron chi connectivity index (χ4n) is 2.53. The maximum absolute atomic E-state index is 12.4. The van der Waals surface area contributed by atoms with E-state index in [1.165, 1.54) is 24.8 Å². The topological polar surface area (TPSA) is 41.6 Å². The molecule has 1 fully saturated rings. The number of halogens is 1. The first-order valence-corrected chi connectivity index (χ1v) is 7.81. The molecule has 0 aliphatic heterocycles. The van der Waals surface area contributed by atoms with Gasteiger partial charge < -0.3 is 15.0 Å². The van der Waals surface area contributed by atoms with Crippen molar-refractivity contribution in [2.45, 2.75) is 25.8 Å². The van der Waals surface area contributed by atoms with Crippen molar-refractivity contribution in [2.75, 3.05) is 33.4 Å². The van der Waals surface area contributed by atoms with Crippen LogP contribution in [0.5, 0.6) is 0 Å². The maximum Gasteiger partial charge on any atom is 0.236 e. The molecule has 0 aromatic heterocycles. The minimum atomic E-state index is 0. The van der Waals surface area contributed by atoms with Gasteiger partial charge in [0.15, 0.2) is 0 Å². The summed E-state index contributed by atoms with van der Waals surface area (Å²) in [7, 11) is 1.67. The third-order valence-corrected chi connectivity index (χ3v) is 4.03. The number of carbonyl (C=O) groups is 1. The van der Waals surface area contributed by atoms with Gasteiger partial charge in [-0.25, -0.2) is 0 Å². The molecule has 0 spiro atoms. The molecule has 1 N–H and O–H groups in total. The van der Waals surface area contributed by atoms with E-state index in [9.17, 15) is 4.79 Å². The highest BCUT2D eigenvalue weighted by Gasteiger charge is 2.23. The number of nitrogens with one attached hydrogen (secondary N) is 1. The van der Waals surface area contributed by atoms with Crippen LogP contribution in [0, 0.1) is 5.92 Å². The Kier molecular flexibility index (Phi) is 9.13. The van der Waals surface area contributed by atoms with Gasteiger partial charge in [0.25, 0.3) is 0 Å². The van der Waals surface area contributed by atoms with E-state index in [0.29, 0.717) is 32.2 Å². The monoisotopic (exact) mass is 326 g/mol. The number of nitrogens with zero attached hydrogens (tertiary/aromatic N) is 1. The molecule has 0 radical (unpaired) electrons. The minimum absolute atomic E-state index is 0. The fourth-order valence-corrected chi connectivity index (χ4v) is 2.53. The summed E-state index contributed by atoms with van der Waals surface area (Å²) in [6.45, 7) is 3.34. The Bertz CT molecular complexity index is 424. The van der Waals surface area contributed by atoms with Crippen molar-refractivity contribution in [2.24, 2.45) is 5.92 Å². The van der Waals surface area contributed by atoms with Crippen molar-refractivity contribution in [3.8, 4) is 0 Å². The van der Waals surface area contributed by atoms with Crippen LogP contribution >= 0.6 is 12.4 Å². The molecule has 1 amide bonds. The Morgan fingerprint density at radius 2 is 2.05 bits per heavy atom. The second-order valence-corrected chi connectivity index (χ2v) is 5.73. The molecule has 1 aromatic rings. The second-order valence-electron chi connectivity index (χ2n) is 5.73. The molecule has 0 saturated heterocycles. The van der Waals surface area contributed by atoms with Crippen molar-refractivity contribution < 1.29 is 9.53 Å². The molecule has 2 rings (SSSR count). The largest absolute Gasteiger partial charge is 0.383 e.